The zero-order chi connectivity index (χ0) is 14.5. The van der Waals surface area contributed by atoms with E-state index in [0.717, 1.165) is 12.8 Å². The largest absolute Gasteiger partial charge is 0.490 e. The molecule has 0 saturated carbocycles. The Morgan fingerprint density at radius 1 is 1.25 bits per heavy atom. The van der Waals surface area contributed by atoms with E-state index in [9.17, 15) is 9.59 Å². The van der Waals surface area contributed by atoms with Crippen molar-refractivity contribution in [3.63, 3.8) is 0 Å². The molecule has 0 aromatic heterocycles. The summed E-state index contributed by atoms with van der Waals surface area (Å²) in [6.45, 7) is 4.84. The number of piperidine rings is 1. The van der Waals surface area contributed by atoms with Gasteiger partial charge in [0.1, 0.15) is 11.9 Å². The molecule has 1 aliphatic heterocycles. The molecule has 1 saturated heterocycles. The monoisotopic (exact) mass is 274 g/mol. The van der Waals surface area contributed by atoms with E-state index in [1.807, 2.05) is 0 Å². The van der Waals surface area contributed by atoms with Crippen LogP contribution in [-0.2, 0) is 4.79 Å². The molecule has 106 valence electrons. The lowest BCUT2D eigenvalue weighted by Gasteiger charge is -2.31. The highest BCUT2D eigenvalue weighted by Gasteiger charge is 2.22. The molecule has 1 aliphatic rings. The number of nitrogens with two attached hydrogens (primary N) is 1. The second kappa shape index (κ2) is 6.23. The predicted molar refractivity (Wildman–Crippen MR) is 75.4 cm³/mol. The summed E-state index contributed by atoms with van der Waals surface area (Å²) in [4.78, 5) is 24.2. The van der Waals surface area contributed by atoms with Crippen LogP contribution in [0.3, 0.4) is 0 Å². The van der Waals surface area contributed by atoms with Crippen LogP contribution in [0, 0.1) is 0 Å². The normalized spacial score (nSPS) is 15.7. The summed E-state index contributed by atoms with van der Waals surface area (Å²) in [5.74, 6) is 0.227. The van der Waals surface area contributed by atoms with E-state index in [1.54, 1.807) is 29.2 Å². The molecule has 0 aliphatic carbocycles. The molecule has 0 atom stereocenters. The predicted octanol–water partition coefficient (Wildman–Crippen LogP) is 1.34. The summed E-state index contributed by atoms with van der Waals surface area (Å²) >= 11 is 0. The third kappa shape index (κ3) is 3.38. The van der Waals surface area contributed by atoms with Gasteiger partial charge in [-0.05, 0) is 30.3 Å². The van der Waals surface area contributed by atoms with Gasteiger partial charge in [0, 0.05) is 31.5 Å². The van der Waals surface area contributed by atoms with Crippen molar-refractivity contribution >= 4 is 11.8 Å². The Kier molecular flexibility index (Phi) is 4.40. The van der Waals surface area contributed by atoms with Gasteiger partial charge >= 0.3 is 0 Å². The fraction of sp³-hybridized carbons (Fsp3) is 0.333. The minimum Gasteiger partial charge on any atom is -0.490 e. The summed E-state index contributed by atoms with van der Waals surface area (Å²) in [6.07, 6.45) is 3.00. The number of hydrogen-bond acceptors (Lipinski definition) is 3. The molecular weight excluding hydrogens is 256 g/mol. The molecule has 1 heterocycles. The summed E-state index contributed by atoms with van der Waals surface area (Å²) in [6, 6.07) is 6.77. The van der Waals surface area contributed by atoms with Crippen LogP contribution in [-0.4, -0.2) is 35.9 Å². The van der Waals surface area contributed by atoms with Gasteiger partial charge in [-0.3, -0.25) is 9.59 Å². The van der Waals surface area contributed by atoms with Crippen LogP contribution in [0.4, 0.5) is 0 Å². The Hall–Kier alpha value is -2.30. The first-order chi connectivity index (χ1) is 9.60. The summed E-state index contributed by atoms with van der Waals surface area (Å²) in [5.41, 5.74) is 5.64. The number of carbonyl (C=O) groups is 2. The molecule has 1 fully saturated rings. The number of carbonyl (C=O) groups excluding carboxylic acids is 2. The van der Waals surface area contributed by atoms with Gasteiger partial charge in [0.25, 0.3) is 0 Å². The van der Waals surface area contributed by atoms with Gasteiger partial charge in [-0.25, -0.2) is 0 Å². The first-order valence-corrected chi connectivity index (χ1v) is 6.58. The van der Waals surface area contributed by atoms with E-state index in [4.69, 9.17) is 10.5 Å². The van der Waals surface area contributed by atoms with E-state index < -0.39 is 5.91 Å². The average Bonchev–Trinajstić information content (AvgIpc) is 2.48. The molecule has 2 N–H and O–H groups in total. The lowest BCUT2D eigenvalue weighted by atomic mass is 10.1. The maximum atomic E-state index is 11.5. The summed E-state index contributed by atoms with van der Waals surface area (Å²) in [5, 5.41) is 0. The number of rotatable bonds is 4. The Balaban J connectivity index is 1.87. The fourth-order valence-corrected chi connectivity index (χ4v) is 2.21. The maximum Gasteiger partial charge on any atom is 0.248 e. The number of amides is 2. The van der Waals surface area contributed by atoms with Crippen molar-refractivity contribution in [1.29, 1.82) is 0 Å². The van der Waals surface area contributed by atoms with Crippen molar-refractivity contribution < 1.29 is 14.3 Å². The zero-order valence-electron chi connectivity index (χ0n) is 11.2. The summed E-state index contributed by atoms with van der Waals surface area (Å²) < 4.78 is 5.84. The molecule has 0 spiro atoms. The SMILES string of the molecule is C=CC(=O)N1CCC(Oc2ccc(C(N)=O)cc2)CC1. The summed E-state index contributed by atoms with van der Waals surface area (Å²) in [7, 11) is 0. The highest BCUT2D eigenvalue weighted by Crippen LogP contribution is 2.19. The van der Waals surface area contributed by atoms with Crippen LogP contribution < -0.4 is 10.5 Å². The highest BCUT2D eigenvalue weighted by atomic mass is 16.5. The Morgan fingerprint density at radius 2 is 1.85 bits per heavy atom. The molecule has 5 heteroatoms. The number of ether oxygens (including phenoxy) is 1. The van der Waals surface area contributed by atoms with Crippen molar-refractivity contribution in [3.8, 4) is 5.75 Å². The number of primary amides is 1. The number of hydrogen-bond donors (Lipinski definition) is 1. The first-order valence-electron chi connectivity index (χ1n) is 6.58. The Bertz CT molecular complexity index is 502. The van der Waals surface area contributed by atoms with Crippen molar-refractivity contribution in [2.24, 2.45) is 5.73 Å². The van der Waals surface area contributed by atoms with E-state index in [2.05, 4.69) is 6.58 Å². The second-order valence-corrected chi connectivity index (χ2v) is 4.74. The Morgan fingerprint density at radius 3 is 2.35 bits per heavy atom. The first kappa shape index (κ1) is 14.1. The lowest BCUT2D eigenvalue weighted by molar-refractivity contribution is -0.127. The minimum atomic E-state index is -0.451. The van der Waals surface area contributed by atoms with Crippen LogP contribution in [0.25, 0.3) is 0 Å². The van der Waals surface area contributed by atoms with Crippen LogP contribution in [0.15, 0.2) is 36.9 Å². The number of nitrogens with zero attached hydrogens (tertiary/aromatic N) is 1. The zero-order valence-corrected chi connectivity index (χ0v) is 11.2. The smallest absolute Gasteiger partial charge is 0.248 e. The van der Waals surface area contributed by atoms with Crippen molar-refractivity contribution in [2.45, 2.75) is 18.9 Å². The van der Waals surface area contributed by atoms with E-state index in [1.165, 1.54) is 6.08 Å². The molecule has 0 unspecified atom stereocenters. The third-order valence-corrected chi connectivity index (χ3v) is 3.37. The average molecular weight is 274 g/mol. The van der Waals surface area contributed by atoms with Crippen LogP contribution in [0.5, 0.6) is 5.75 Å². The van der Waals surface area contributed by atoms with E-state index >= 15 is 0 Å². The highest BCUT2D eigenvalue weighted by molar-refractivity contribution is 5.92. The number of likely N-dealkylation sites (tertiary alicyclic amines) is 1. The standard InChI is InChI=1S/C15H18N2O3/c1-2-14(18)17-9-7-13(8-10-17)20-12-5-3-11(4-6-12)15(16)19/h2-6,13H,1,7-10H2,(H2,16,19). The third-order valence-electron chi connectivity index (χ3n) is 3.37. The van der Waals surface area contributed by atoms with Crippen molar-refractivity contribution in [2.75, 3.05) is 13.1 Å². The van der Waals surface area contributed by atoms with Gasteiger partial charge in [0.2, 0.25) is 11.8 Å². The van der Waals surface area contributed by atoms with Crippen molar-refractivity contribution in [3.05, 3.63) is 42.5 Å². The van der Waals surface area contributed by atoms with Gasteiger partial charge < -0.3 is 15.4 Å². The fourth-order valence-electron chi connectivity index (χ4n) is 2.21. The molecule has 2 rings (SSSR count). The van der Waals surface area contributed by atoms with E-state index in [-0.39, 0.29) is 12.0 Å². The van der Waals surface area contributed by atoms with Gasteiger partial charge in [-0.1, -0.05) is 6.58 Å². The van der Waals surface area contributed by atoms with Crippen LogP contribution in [0.2, 0.25) is 0 Å². The van der Waals surface area contributed by atoms with Crippen LogP contribution >= 0.6 is 0 Å². The lowest BCUT2D eigenvalue weighted by Crippen LogP contribution is -2.41. The molecule has 0 bridgehead atoms. The molecule has 5 nitrogen and oxygen atoms in total. The quantitative estimate of drug-likeness (QED) is 0.842. The van der Waals surface area contributed by atoms with Crippen LogP contribution in [0.1, 0.15) is 23.2 Å². The van der Waals surface area contributed by atoms with Crippen molar-refractivity contribution in [1.82, 2.24) is 4.90 Å². The molecule has 20 heavy (non-hydrogen) atoms. The van der Waals surface area contributed by atoms with Gasteiger partial charge in [-0.2, -0.15) is 0 Å². The topological polar surface area (TPSA) is 72.6 Å². The molecular formula is C15H18N2O3. The van der Waals surface area contributed by atoms with E-state index in [0.29, 0.717) is 24.4 Å². The maximum absolute atomic E-state index is 11.5. The van der Waals surface area contributed by atoms with Gasteiger partial charge in [0.15, 0.2) is 0 Å². The molecule has 2 amide bonds. The minimum absolute atomic E-state index is 0.0331. The Labute approximate surface area is 118 Å². The molecule has 1 aromatic rings. The second-order valence-electron chi connectivity index (χ2n) is 4.74. The van der Waals surface area contributed by atoms with Gasteiger partial charge in [0.05, 0.1) is 0 Å². The molecule has 1 aromatic carbocycles. The van der Waals surface area contributed by atoms with Gasteiger partial charge in [-0.15, -0.1) is 0 Å². The number of benzene rings is 1. The molecule has 0 radical (unpaired) electrons.